The average Bonchev–Trinajstić information content (AvgIpc) is 2.47. The topological polar surface area (TPSA) is 36.9 Å². The summed E-state index contributed by atoms with van der Waals surface area (Å²) in [5.41, 5.74) is 0. The summed E-state index contributed by atoms with van der Waals surface area (Å²) in [6, 6.07) is 4.11. The summed E-state index contributed by atoms with van der Waals surface area (Å²) in [5, 5.41) is 0. The zero-order valence-corrected chi connectivity index (χ0v) is 17.7. The van der Waals surface area contributed by atoms with Crippen molar-refractivity contribution in [3.05, 3.63) is 0 Å². The molecular weight excluding hydrogens is 312 g/mol. The third-order valence-corrected chi connectivity index (χ3v) is 12.1. The predicted molar refractivity (Wildman–Crippen MR) is 97.8 cm³/mol. The van der Waals surface area contributed by atoms with E-state index >= 15 is 0 Å². The molecule has 0 aliphatic carbocycles. The number of hydrogen-bond donors (Lipinski definition) is 0. The first-order valence-corrected chi connectivity index (χ1v) is 13.6. The van der Waals surface area contributed by atoms with Gasteiger partial charge in [0.25, 0.3) is 0 Å². The molecule has 0 bridgehead atoms. The SMILES string of the molecule is CCC[Si](CC[Si](CCC)(OCC)OCC)(OCC)OCC. The summed E-state index contributed by atoms with van der Waals surface area (Å²) in [5.74, 6) is 0. The van der Waals surface area contributed by atoms with Crippen LogP contribution in [-0.2, 0) is 17.7 Å². The van der Waals surface area contributed by atoms with Gasteiger partial charge < -0.3 is 17.7 Å². The van der Waals surface area contributed by atoms with Gasteiger partial charge >= 0.3 is 17.1 Å². The van der Waals surface area contributed by atoms with E-state index in [0.717, 1.165) is 63.4 Å². The Morgan fingerprint density at radius 2 is 0.727 bits per heavy atom. The molecule has 0 unspecified atom stereocenters. The fraction of sp³-hybridized carbons (Fsp3) is 1.00. The van der Waals surface area contributed by atoms with Crippen molar-refractivity contribution < 1.29 is 17.7 Å². The maximum Gasteiger partial charge on any atom is 0.337 e. The number of hydrogen-bond acceptors (Lipinski definition) is 4. The minimum atomic E-state index is -2.12. The Bertz CT molecular complexity index is 204. The third-order valence-electron chi connectivity index (χ3n) is 3.78. The van der Waals surface area contributed by atoms with Crippen molar-refractivity contribution in [3.63, 3.8) is 0 Å². The summed E-state index contributed by atoms with van der Waals surface area (Å²) in [7, 11) is -4.24. The van der Waals surface area contributed by atoms with Crippen LogP contribution in [0.3, 0.4) is 0 Å². The normalized spacial score (nSPS) is 12.8. The molecule has 0 aromatic carbocycles. The molecule has 22 heavy (non-hydrogen) atoms. The minimum absolute atomic E-state index is 0.734. The van der Waals surface area contributed by atoms with Gasteiger partial charge in [0.2, 0.25) is 0 Å². The van der Waals surface area contributed by atoms with Gasteiger partial charge in [0.15, 0.2) is 0 Å². The second-order valence-electron chi connectivity index (χ2n) is 5.55. The van der Waals surface area contributed by atoms with Gasteiger partial charge in [0, 0.05) is 26.4 Å². The fourth-order valence-electron chi connectivity index (χ4n) is 3.11. The van der Waals surface area contributed by atoms with Crippen LogP contribution < -0.4 is 0 Å². The number of rotatable bonds is 15. The van der Waals surface area contributed by atoms with Crippen LogP contribution in [0.1, 0.15) is 54.4 Å². The lowest BCUT2D eigenvalue weighted by molar-refractivity contribution is 0.170. The van der Waals surface area contributed by atoms with Crippen molar-refractivity contribution in [2.75, 3.05) is 26.4 Å². The monoisotopic (exact) mass is 350 g/mol. The molecule has 0 radical (unpaired) electrons. The van der Waals surface area contributed by atoms with Crippen LogP contribution in [0.2, 0.25) is 24.2 Å². The van der Waals surface area contributed by atoms with Gasteiger partial charge in [-0.25, -0.2) is 0 Å². The second kappa shape index (κ2) is 12.7. The minimum Gasteiger partial charge on any atom is -0.394 e. The van der Waals surface area contributed by atoms with Gasteiger partial charge in [-0.2, -0.15) is 0 Å². The lowest BCUT2D eigenvalue weighted by atomic mass is 10.6. The van der Waals surface area contributed by atoms with Crippen LogP contribution in [0.15, 0.2) is 0 Å². The highest BCUT2D eigenvalue weighted by Crippen LogP contribution is 2.30. The van der Waals surface area contributed by atoms with Crippen molar-refractivity contribution in [1.82, 2.24) is 0 Å². The van der Waals surface area contributed by atoms with Crippen LogP contribution in [-0.4, -0.2) is 43.5 Å². The molecule has 0 saturated heterocycles. The Morgan fingerprint density at radius 1 is 0.455 bits per heavy atom. The summed E-state index contributed by atoms with van der Waals surface area (Å²) in [4.78, 5) is 0. The van der Waals surface area contributed by atoms with Crippen LogP contribution in [0.4, 0.5) is 0 Å². The Balaban J connectivity index is 5.04. The fourth-order valence-corrected chi connectivity index (χ4v) is 11.6. The summed E-state index contributed by atoms with van der Waals surface area (Å²) < 4.78 is 24.7. The van der Waals surface area contributed by atoms with Crippen molar-refractivity contribution in [1.29, 1.82) is 0 Å². The Kier molecular flexibility index (Phi) is 12.8. The molecule has 6 heteroatoms. The first kappa shape index (κ1) is 22.3. The molecule has 0 amide bonds. The quantitative estimate of drug-likeness (QED) is 0.396. The molecule has 0 N–H and O–H groups in total. The van der Waals surface area contributed by atoms with Crippen molar-refractivity contribution in [2.24, 2.45) is 0 Å². The van der Waals surface area contributed by atoms with E-state index in [1.165, 1.54) is 0 Å². The van der Waals surface area contributed by atoms with Crippen LogP contribution in [0.5, 0.6) is 0 Å². The maximum absolute atomic E-state index is 6.17. The standard InChI is InChI=1S/C16H38O4Si2/c1-7-13-21(17-9-3,18-10-4)15-16-22(14-8-2,19-11-5)20-12-6/h7-16H2,1-6H3. The van der Waals surface area contributed by atoms with Gasteiger partial charge in [-0.1, -0.05) is 26.7 Å². The summed E-state index contributed by atoms with van der Waals surface area (Å²) >= 11 is 0. The lowest BCUT2D eigenvalue weighted by Gasteiger charge is -2.35. The smallest absolute Gasteiger partial charge is 0.337 e. The van der Waals surface area contributed by atoms with E-state index < -0.39 is 17.1 Å². The zero-order chi connectivity index (χ0) is 16.9. The van der Waals surface area contributed by atoms with E-state index in [4.69, 9.17) is 17.7 Å². The van der Waals surface area contributed by atoms with Crippen molar-refractivity contribution in [2.45, 2.75) is 78.6 Å². The van der Waals surface area contributed by atoms with E-state index in [-0.39, 0.29) is 0 Å². The van der Waals surface area contributed by atoms with Gasteiger partial charge in [0.05, 0.1) is 0 Å². The molecule has 4 nitrogen and oxygen atoms in total. The molecule has 0 fully saturated rings. The van der Waals surface area contributed by atoms with Crippen LogP contribution in [0, 0.1) is 0 Å². The molecule has 134 valence electrons. The Hall–Kier alpha value is 0.274. The Labute approximate surface area is 140 Å². The summed E-state index contributed by atoms with van der Waals surface area (Å²) in [6.45, 7) is 15.6. The third kappa shape index (κ3) is 7.70. The highest BCUT2D eigenvalue weighted by atomic mass is 28.4. The van der Waals surface area contributed by atoms with Gasteiger partial charge in [0.1, 0.15) is 0 Å². The highest BCUT2D eigenvalue weighted by molar-refractivity contribution is 6.73. The molecule has 0 heterocycles. The zero-order valence-electron chi connectivity index (χ0n) is 15.7. The molecule has 0 aliphatic rings. The first-order valence-electron chi connectivity index (χ1n) is 9.13. The van der Waals surface area contributed by atoms with Gasteiger partial charge in [-0.3, -0.25) is 0 Å². The molecule has 0 spiro atoms. The van der Waals surface area contributed by atoms with E-state index in [9.17, 15) is 0 Å². The first-order chi connectivity index (χ1) is 10.6. The van der Waals surface area contributed by atoms with Crippen LogP contribution >= 0.6 is 0 Å². The molecule has 0 atom stereocenters. The van der Waals surface area contributed by atoms with Gasteiger partial charge in [-0.15, -0.1) is 0 Å². The summed E-state index contributed by atoms with van der Waals surface area (Å²) in [6.07, 6.45) is 2.22. The highest BCUT2D eigenvalue weighted by Gasteiger charge is 2.43. The predicted octanol–water partition coefficient (Wildman–Crippen LogP) is 4.84. The van der Waals surface area contributed by atoms with Gasteiger partial charge in [-0.05, 0) is 51.9 Å². The van der Waals surface area contributed by atoms with E-state index in [0.29, 0.717) is 0 Å². The molecule has 0 saturated carbocycles. The molecule has 0 aromatic rings. The molecular formula is C16H38O4Si2. The molecule has 0 aromatic heterocycles. The Morgan fingerprint density at radius 3 is 0.909 bits per heavy atom. The van der Waals surface area contributed by atoms with Crippen molar-refractivity contribution >= 4 is 17.1 Å². The molecule has 0 aliphatic heterocycles. The van der Waals surface area contributed by atoms with Crippen molar-refractivity contribution in [3.8, 4) is 0 Å². The molecule has 0 rings (SSSR count). The van der Waals surface area contributed by atoms with E-state index in [1.807, 2.05) is 0 Å². The largest absolute Gasteiger partial charge is 0.394 e. The maximum atomic E-state index is 6.17. The van der Waals surface area contributed by atoms with E-state index in [1.54, 1.807) is 0 Å². The second-order valence-corrected chi connectivity index (χ2v) is 12.4. The van der Waals surface area contributed by atoms with Crippen LogP contribution in [0.25, 0.3) is 0 Å². The average molecular weight is 351 g/mol. The van der Waals surface area contributed by atoms with E-state index in [2.05, 4.69) is 41.5 Å². The lowest BCUT2D eigenvalue weighted by Crippen LogP contribution is -2.48.